The van der Waals surface area contributed by atoms with Crippen LogP contribution < -0.4 is 4.74 Å². The monoisotopic (exact) mass is 284 g/mol. The molecule has 0 aliphatic carbocycles. The van der Waals surface area contributed by atoms with Gasteiger partial charge >= 0.3 is 5.97 Å². The molecule has 102 valence electrons. The molecule has 0 unspecified atom stereocenters. The fraction of sp³-hybridized carbons (Fsp3) is 0.364. The average Bonchev–Trinajstić information content (AvgIpc) is 2.74. The second-order valence-corrected chi connectivity index (χ2v) is 5.06. The smallest absolute Gasteiger partial charge is 0.332 e. The average molecular weight is 284 g/mol. The predicted octanol–water partition coefficient (Wildman–Crippen LogP) is 0.452. The van der Waals surface area contributed by atoms with Crippen molar-refractivity contribution in [1.29, 1.82) is 0 Å². The summed E-state index contributed by atoms with van der Waals surface area (Å²) in [6.45, 7) is 0.989. The molecule has 1 aromatic rings. The van der Waals surface area contributed by atoms with Crippen LogP contribution in [0, 0.1) is 0 Å². The first-order chi connectivity index (χ1) is 8.96. The SMILES string of the molecule is C[C@]1(C(=O)O)CSC(c2ncc(OCO)cc2O)=N1. The molecule has 3 N–H and O–H groups in total. The first kappa shape index (κ1) is 13.6. The Bertz CT molecular complexity index is 548. The molecule has 0 spiro atoms. The van der Waals surface area contributed by atoms with Gasteiger partial charge in [-0.2, -0.15) is 0 Å². The van der Waals surface area contributed by atoms with Crippen LogP contribution >= 0.6 is 11.8 Å². The van der Waals surface area contributed by atoms with Crippen LogP contribution in [0.5, 0.6) is 11.5 Å². The van der Waals surface area contributed by atoms with E-state index in [9.17, 15) is 9.90 Å². The molecule has 8 heteroatoms. The van der Waals surface area contributed by atoms with Gasteiger partial charge in [-0.1, -0.05) is 0 Å². The highest BCUT2D eigenvalue weighted by Crippen LogP contribution is 2.34. The number of carboxylic acid groups (broad SMARTS) is 1. The molecule has 2 rings (SSSR count). The molecule has 7 nitrogen and oxygen atoms in total. The van der Waals surface area contributed by atoms with Gasteiger partial charge in [-0.05, 0) is 6.92 Å². The summed E-state index contributed by atoms with van der Waals surface area (Å²) < 4.78 is 4.78. The number of rotatable bonds is 4. The number of ether oxygens (including phenoxy) is 1. The standard InChI is InChI=1S/C11H12N2O5S/c1-11(10(16)17)4-19-9(13-11)8-7(15)2-6(3-12-8)18-5-14/h2-3,14-15H,4-5H2,1H3,(H,16,17)/t11-/m1/s1. The zero-order chi connectivity index (χ0) is 14.0. The van der Waals surface area contributed by atoms with Gasteiger partial charge in [0.15, 0.2) is 12.3 Å². The third kappa shape index (κ3) is 2.64. The summed E-state index contributed by atoms with van der Waals surface area (Å²) in [5.74, 6) is -0.692. The third-order valence-electron chi connectivity index (χ3n) is 2.58. The van der Waals surface area contributed by atoms with E-state index in [2.05, 4.69) is 9.98 Å². The number of aliphatic carboxylic acids is 1. The molecule has 0 radical (unpaired) electrons. The molecule has 0 saturated carbocycles. The lowest BCUT2D eigenvalue weighted by atomic mass is 10.1. The van der Waals surface area contributed by atoms with Crippen LogP contribution in [0.15, 0.2) is 17.3 Å². The number of carboxylic acids is 1. The zero-order valence-electron chi connectivity index (χ0n) is 10.0. The van der Waals surface area contributed by atoms with Crippen LogP contribution in [0.4, 0.5) is 0 Å². The fourth-order valence-electron chi connectivity index (χ4n) is 1.48. The normalized spacial score (nSPS) is 22.1. The Morgan fingerprint density at radius 1 is 1.63 bits per heavy atom. The maximum absolute atomic E-state index is 11.1. The number of hydrogen-bond acceptors (Lipinski definition) is 7. The minimum Gasteiger partial charge on any atom is -0.505 e. The van der Waals surface area contributed by atoms with Gasteiger partial charge < -0.3 is 20.1 Å². The van der Waals surface area contributed by atoms with Gasteiger partial charge in [0.25, 0.3) is 0 Å². The van der Waals surface area contributed by atoms with Crippen molar-refractivity contribution in [2.24, 2.45) is 4.99 Å². The first-order valence-electron chi connectivity index (χ1n) is 5.35. The van der Waals surface area contributed by atoms with Crippen molar-refractivity contribution in [2.75, 3.05) is 12.5 Å². The van der Waals surface area contributed by atoms with Crippen LogP contribution in [0.3, 0.4) is 0 Å². The topological polar surface area (TPSA) is 112 Å². The summed E-state index contributed by atoms with van der Waals surface area (Å²) in [5, 5.41) is 27.9. The molecular formula is C11H12N2O5S. The Hall–Kier alpha value is -1.80. The molecular weight excluding hydrogens is 272 g/mol. The van der Waals surface area contributed by atoms with Gasteiger partial charge in [0.05, 0.1) is 6.20 Å². The van der Waals surface area contributed by atoms with Gasteiger partial charge in [-0.15, -0.1) is 11.8 Å². The number of nitrogens with zero attached hydrogens (tertiary/aromatic N) is 2. The lowest BCUT2D eigenvalue weighted by molar-refractivity contribution is -0.141. The number of aliphatic imine (C=N–C) groups is 1. The summed E-state index contributed by atoms with van der Waals surface area (Å²) >= 11 is 1.22. The Balaban J connectivity index is 2.31. The van der Waals surface area contributed by atoms with Crippen molar-refractivity contribution in [3.63, 3.8) is 0 Å². The highest BCUT2D eigenvalue weighted by Gasteiger charge is 2.39. The highest BCUT2D eigenvalue weighted by molar-refractivity contribution is 8.14. The van der Waals surface area contributed by atoms with Gasteiger partial charge in [-0.3, -0.25) is 4.99 Å². The van der Waals surface area contributed by atoms with Gasteiger partial charge in [0.2, 0.25) is 0 Å². The Morgan fingerprint density at radius 3 is 2.89 bits per heavy atom. The van der Waals surface area contributed by atoms with Crippen LogP contribution in [-0.2, 0) is 4.79 Å². The first-order valence-corrected chi connectivity index (χ1v) is 6.34. The van der Waals surface area contributed by atoms with Gasteiger partial charge in [0, 0.05) is 11.8 Å². The highest BCUT2D eigenvalue weighted by atomic mass is 32.2. The molecule has 0 aromatic carbocycles. The summed E-state index contributed by atoms with van der Waals surface area (Å²) in [6.07, 6.45) is 1.32. The fourth-order valence-corrected chi connectivity index (χ4v) is 2.65. The second-order valence-electron chi connectivity index (χ2n) is 4.10. The van der Waals surface area contributed by atoms with Crippen LogP contribution in [0.25, 0.3) is 0 Å². The molecule has 0 fully saturated rings. The third-order valence-corrected chi connectivity index (χ3v) is 3.84. The number of hydrogen-bond donors (Lipinski definition) is 3. The van der Waals surface area contributed by atoms with Crippen molar-refractivity contribution in [3.05, 3.63) is 18.0 Å². The van der Waals surface area contributed by atoms with E-state index in [1.54, 1.807) is 0 Å². The molecule has 1 aromatic heterocycles. The number of carbonyl (C=O) groups is 1. The molecule has 0 bridgehead atoms. The minimum atomic E-state index is -1.20. The lowest BCUT2D eigenvalue weighted by Gasteiger charge is -2.11. The lowest BCUT2D eigenvalue weighted by Crippen LogP contribution is -2.33. The summed E-state index contributed by atoms with van der Waals surface area (Å²) in [5.41, 5.74) is -0.991. The largest absolute Gasteiger partial charge is 0.505 e. The van der Waals surface area contributed by atoms with Crippen LogP contribution in [0.2, 0.25) is 0 Å². The minimum absolute atomic E-state index is 0.174. The number of aromatic hydroxyl groups is 1. The number of pyridine rings is 1. The molecule has 0 amide bonds. The molecule has 0 saturated heterocycles. The van der Waals surface area contributed by atoms with E-state index >= 15 is 0 Å². The van der Waals surface area contributed by atoms with Crippen molar-refractivity contribution in [2.45, 2.75) is 12.5 Å². The molecule has 19 heavy (non-hydrogen) atoms. The summed E-state index contributed by atoms with van der Waals surface area (Å²) in [6, 6.07) is 1.29. The second kappa shape index (κ2) is 5.06. The summed E-state index contributed by atoms with van der Waals surface area (Å²) in [7, 11) is 0. The Morgan fingerprint density at radius 2 is 2.37 bits per heavy atom. The number of aliphatic hydroxyl groups excluding tert-OH is 1. The van der Waals surface area contributed by atoms with Crippen molar-refractivity contribution in [3.8, 4) is 11.5 Å². The van der Waals surface area contributed by atoms with E-state index in [4.69, 9.17) is 14.9 Å². The molecule has 1 atom stereocenters. The number of aromatic nitrogens is 1. The quantitative estimate of drug-likeness (QED) is 0.688. The molecule has 2 heterocycles. The van der Waals surface area contributed by atoms with Crippen LogP contribution in [0.1, 0.15) is 12.6 Å². The maximum Gasteiger partial charge on any atom is 0.332 e. The van der Waals surface area contributed by atoms with Crippen molar-refractivity contribution < 1.29 is 24.9 Å². The van der Waals surface area contributed by atoms with Gasteiger partial charge in [-0.25, -0.2) is 9.78 Å². The van der Waals surface area contributed by atoms with E-state index in [-0.39, 0.29) is 22.9 Å². The Kier molecular flexibility index (Phi) is 3.63. The number of aliphatic hydroxyl groups is 1. The van der Waals surface area contributed by atoms with Crippen LogP contribution in [-0.4, -0.2) is 49.4 Å². The Labute approximate surface area is 113 Å². The van der Waals surface area contributed by atoms with E-state index in [1.165, 1.54) is 30.9 Å². The maximum atomic E-state index is 11.1. The van der Waals surface area contributed by atoms with E-state index in [0.717, 1.165) is 0 Å². The van der Waals surface area contributed by atoms with Gasteiger partial charge in [0.1, 0.15) is 22.2 Å². The van der Waals surface area contributed by atoms with E-state index < -0.39 is 18.3 Å². The van der Waals surface area contributed by atoms with Crippen molar-refractivity contribution >= 4 is 22.8 Å². The van der Waals surface area contributed by atoms with E-state index in [1.807, 2.05) is 0 Å². The molecule has 1 aliphatic heterocycles. The zero-order valence-corrected chi connectivity index (χ0v) is 10.8. The number of thioether (sulfide) groups is 1. The molecule has 1 aliphatic rings. The predicted molar refractivity (Wildman–Crippen MR) is 68.7 cm³/mol. The van der Waals surface area contributed by atoms with E-state index in [0.29, 0.717) is 5.04 Å². The summed E-state index contributed by atoms with van der Waals surface area (Å²) in [4.78, 5) is 19.1. The van der Waals surface area contributed by atoms with Crippen molar-refractivity contribution in [1.82, 2.24) is 4.98 Å².